The summed E-state index contributed by atoms with van der Waals surface area (Å²) in [6.45, 7) is 4.17. The van der Waals surface area contributed by atoms with Crippen molar-refractivity contribution in [1.29, 1.82) is 0 Å². The molecular formula is C15H21ClN2O3S. The monoisotopic (exact) mass is 344 g/mol. The number of anilines is 1. The van der Waals surface area contributed by atoms with Crippen LogP contribution in [0.1, 0.15) is 31.7 Å². The summed E-state index contributed by atoms with van der Waals surface area (Å²) < 4.78 is 29.0. The zero-order valence-corrected chi connectivity index (χ0v) is 14.5. The van der Waals surface area contributed by atoms with Gasteiger partial charge in [-0.2, -0.15) is 0 Å². The van der Waals surface area contributed by atoms with Gasteiger partial charge in [0.25, 0.3) is 0 Å². The quantitative estimate of drug-likeness (QED) is 0.785. The Bertz CT molecular complexity index is 673. The van der Waals surface area contributed by atoms with Gasteiger partial charge in [0.05, 0.1) is 24.0 Å². The highest BCUT2D eigenvalue weighted by Gasteiger charge is 2.53. The third-order valence-electron chi connectivity index (χ3n) is 4.71. The largest absolute Gasteiger partial charge is 0.377 e. The molecule has 2 heterocycles. The van der Waals surface area contributed by atoms with E-state index in [0.717, 1.165) is 24.3 Å². The standard InChI is InChI=1S/C15H21ClN2O3S/c1-3-12-10-21-7-6-18(12)14-9-11(8-13(16)17-14)15(4-5-15)22(2,19)20/h8-9,12H,3-7,10H2,1-2H3/t12-/m0/s1. The van der Waals surface area contributed by atoms with E-state index in [1.807, 2.05) is 6.07 Å². The van der Waals surface area contributed by atoms with Gasteiger partial charge in [0, 0.05) is 12.8 Å². The van der Waals surface area contributed by atoms with Crippen LogP contribution in [0.4, 0.5) is 5.82 Å². The normalized spacial score (nSPS) is 24.3. The van der Waals surface area contributed by atoms with Gasteiger partial charge in [0.2, 0.25) is 0 Å². The van der Waals surface area contributed by atoms with E-state index in [9.17, 15) is 8.42 Å². The highest BCUT2D eigenvalue weighted by molar-refractivity contribution is 7.92. The third kappa shape index (κ3) is 2.72. The van der Waals surface area contributed by atoms with Crippen molar-refractivity contribution >= 4 is 27.3 Å². The van der Waals surface area contributed by atoms with E-state index in [2.05, 4.69) is 16.8 Å². The summed E-state index contributed by atoms with van der Waals surface area (Å²) in [5.74, 6) is 0.757. The first kappa shape index (κ1) is 16.0. The van der Waals surface area contributed by atoms with E-state index in [4.69, 9.17) is 16.3 Å². The molecular weight excluding hydrogens is 324 g/mol. The van der Waals surface area contributed by atoms with Crippen LogP contribution in [0.5, 0.6) is 0 Å². The van der Waals surface area contributed by atoms with E-state index in [-0.39, 0.29) is 6.04 Å². The molecule has 7 heteroatoms. The molecule has 0 unspecified atom stereocenters. The first-order valence-electron chi connectivity index (χ1n) is 7.59. The van der Waals surface area contributed by atoms with Crippen LogP contribution >= 0.6 is 11.6 Å². The lowest BCUT2D eigenvalue weighted by Gasteiger charge is -2.36. The Balaban J connectivity index is 2.01. The lowest BCUT2D eigenvalue weighted by molar-refractivity contribution is 0.0925. The molecule has 1 aromatic rings. The Labute approximate surface area is 136 Å². The Morgan fingerprint density at radius 1 is 1.45 bits per heavy atom. The molecule has 1 aromatic heterocycles. The van der Waals surface area contributed by atoms with Gasteiger partial charge in [-0.15, -0.1) is 0 Å². The molecule has 0 radical (unpaired) electrons. The molecule has 3 rings (SSSR count). The fourth-order valence-electron chi connectivity index (χ4n) is 3.17. The van der Waals surface area contributed by atoms with E-state index in [1.54, 1.807) is 6.07 Å². The minimum atomic E-state index is -3.16. The van der Waals surface area contributed by atoms with E-state index >= 15 is 0 Å². The van der Waals surface area contributed by atoms with E-state index < -0.39 is 14.6 Å². The number of nitrogens with zero attached hydrogens (tertiary/aromatic N) is 2. The average Bonchev–Trinajstić information content (AvgIpc) is 3.28. The fraction of sp³-hybridized carbons (Fsp3) is 0.667. The predicted octanol–water partition coefficient (Wildman–Crippen LogP) is 2.38. The molecule has 122 valence electrons. The van der Waals surface area contributed by atoms with E-state index in [1.165, 1.54) is 6.26 Å². The van der Waals surface area contributed by atoms with Gasteiger partial charge in [0.15, 0.2) is 9.84 Å². The smallest absolute Gasteiger partial charge is 0.157 e. The van der Waals surface area contributed by atoms with Gasteiger partial charge in [-0.05, 0) is 37.0 Å². The second kappa shape index (κ2) is 5.65. The summed E-state index contributed by atoms with van der Waals surface area (Å²) in [5, 5.41) is 0.351. The maximum absolute atomic E-state index is 12.1. The first-order chi connectivity index (χ1) is 10.4. The van der Waals surface area contributed by atoms with Crippen molar-refractivity contribution in [1.82, 2.24) is 4.98 Å². The van der Waals surface area contributed by atoms with Crippen LogP contribution in [0, 0.1) is 0 Å². The van der Waals surface area contributed by atoms with Gasteiger partial charge >= 0.3 is 0 Å². The molecule has 0 spiro atoms. The van der Waals surface area contributed by atoms with Crippen LogP contribution in [-0.2, 0) is 19.3 Å². The SMILES string of the molecule is CC[C@H]1COCCN1c1cc(C2(S(C)(=O)=O)CC2)cc(Cl)n1. The molecule has 0 bridgehead atoms. The number of hydrogen-bond donors (Lipinski definition) is 0. The van der Waals surface area contributed by atoms with Gasteiger partial charge in [0.1, 0.15) is 11.0 Å². The fourth-order valence-corrected chi connectivity index (χ4v) is 4.77. The van der Waals surface area contributed by atoms with Crippen molar-refractivity contribution < 1.29 is 13.2 Å². The number of halogens is 1. The molecule has 1 saturated heterocycles. The van der Waals surface area contributed by atoms with Crippen LogP contribution < -0.4 is 4.90 Å². The highest BCUT2D eigenvalue weighted by atomic mass is 35.5. The Morgan fingerprint density at radius 3 is 2.77 bits per heavy atom. The molecule has 22 heavy (non-hydrogen) atoms. The maximum atomic E-state index is 12.1. The minimum Gasteiger partial charge on any atom is -0.377 e. The number of ether oxygens (including phenoxy) is 1. The topological polar surface area (TPSA) is 59.5 Å². The predicted molar refractivity (Wildman–Crippen MR) is 87.2 cm³/mol. The number of aromatic nitrogens is 1. The lowest BCUT2D eigenvalue weighted by atomic mass is 10.1. The lowest BCUT2D eigenvalue weighted by Crippen LogP contribution is -2.45. The second-order valence-electron chi connectivity index (χ2n) is 6.13. The van der Waals surface area contributed by atoms with Crippen LogP contribution in [0.25, 0.3) is 0 Å². The summed E-state index contributed by atoms with van der Waals surface area (Å²) in [6.07, 6.45) is 3.57. The zero-order chi connectivity index (χ0) is 16.0. The molecule has 1 atom stereocenters. The molecule has 1 saturated carbocycles. The van der Waals surface area contributed by atoms with Crippen LogP contribution in [0.2, 0.25) is 5.15 Å². The first-order valence-corrected chi connectivity index (χ1v) is 9.86. The van der Waals surface area contributed by atoms with Crippen molar-refractivity contribution in [3.05, 3.63) is 22.8 Å². The molecule has 1 aliphatic carbocycles. The third-order valence-corrected chi connectivity index (χ3v) is 6.97. The van der Waals surface area contributed by atoms with E-state index in [0.29, 0.717) is 31.2 Å². The van der Waals surface area contributed by atoms with Gasteiger partial charge in [-0.25, -0.2) is 13.4 Å². The van der Waals surface area contributed by atoms with Crippen LogP contribution in [-0.4, -0.2) is 45.5 Å². The van der Waals surface area contributed by atoms with Crippen molar-refractivity contribution in [2.24, 2.45) is 0 Å². The number of rotatable bonds is 4. The summed E-state index contributed by atoms with van der Waals surface area (Å²) >= 11 is 6.18. The zero-order valence-electron chi connectivity index (χ0n) is 12.9. The number of morpholine rings is 1. The van der Waals surface area contributed by atoms with Gasteiger partial charge < -0.3 is 9.64 Å². The average molecular weight is 345 g/mol. The minimum absolute atomic E-state index is 0.251. The van der Waals surface area contributed by atoms with Gasteiger partial charge in [-0.1, -0.05) is 18.5 Å². The van der Waals surface area contributed by atoms with Crippen LogP contribution in [0.3, 0.4) is 0 Å². The van der Waals surface area contributed by atoms with Crippen molar-refractivity contribution in [3.63, 3.8) is 0 Å². The second-order valence-corrected chi connectivity index (χ2v) is 8.85. The maximum Gasteiger partial charge on any atom is 0.157 e. The molecule has 0 aromatic carbocycles. The molecule has 0 amide bonds. The number of pyridine rings is 1. The number of hydrogen-bond acceptors (Lipinski definition) is 5. The summed E-state index contributed by atoms with van der Waals surface area (Å²) in [7, 11) is -3.16. The van der Waals surface area contributed by atoms with Crippen LogP contribution in [0.15, 0.2) is 12.1 Å². The molecule has 5 nitrogen and oxygen atoms in total. The highest BCUT2D eigenvalue weighted by Crippen LogP contribution is 2.53. The molecule has 2 fully saturated rings. The number of sulfone groups is 1. The molecule has 2 aliphatic rings. The Hall–Kier alpha value is -0.850. The van der Waals surface area contributed by atoms with Gasteiger partial charge in [-0.3, -0.25) is 0 Å². The van der Waals surface area contributed by atoms with Crippen molar-refractivity contribution in [2.75, 3.05) is 30.9 Å². The van der Waals surface area contributed by atoms with Crippen molar-refractivity contribution in [3.8, 4) is 0 Å². The molecule has 1 aliphatic heterocycles. The summed E-state index contributed by atoms with van der Waals surface area (Å²) in [6, 6.07) is 3.84. The Kier molecular flexibility index (Phi) is 4.12. The molecule has 0 N–H and O–H groups in total. The summed E-state index contributed by atoms with van der Waals surface area (Å²) in [5.41, 5.74) is 0.770. The summed E-state index contributed by atoms with van der Waals surface area (Å²) in [4.78, 5) is 6.60. The Morgan fingerprint density at radius 2 is 2.18 bits per heavy atom. The van der Waals surface area contributed by atoms with Crippen molar-refractivity contribution in [2.45, 2.75) is 37.0 Å².